The Hall–Kier alpha value is -3.02. The van der Waals surface area contributed by atoms with Crippen LogP contribution in [-0.2, 0) is 11.3 Å². The zero-order chi connectivity index (χ0) is 19.9. The van der Waals surface area contributed by atoms with Crippen LogP contribution in [0.15, 0.2) is 53.5 Å². The summed E-state index contributed by atoms with van der Waals surface area (Å²) in [4.78, 5) is 16.3. The Balaban J connectivity index is 1.57. The quantitative estimate of drug-likeness (QED) is 0.531. The lowest BCUT2D eigenvalue weighted by molar-refractivity contribution is -0.116. The first-order valence-corrected chi connectivity index (χ1v) is 9.64. The van der Waals surface area contributed by atoms with Gasteiger partial charge >= 0.3 is 0 Å². The topological polar surface area (TPSA) is 74.8 Å². The summed E-state index contributed by atoms with van der Waals surface area (Å²) in [6.45, 7) is 5.30. The van der Waals surface area contributed by atoms with E-state index in [1.807, 2.05) is 50.2 Å². The zero-order valence-electron chi connectivity index (χ0n) is 16.7. The number of benzene rings is 2. The maximum absolute atomic E-state index is 12.0. The number of para-hydroxylation sites is 1. The molecule has 0 saturated heterocycles. The van der Waals surface area contributed by atoms with E-state index in [1.54, 1.807) is 7.05 Å². The molecule has 28 heavy (non-hydrogen) atoms. The molecule has 1 aliphatic heterocycles. The van der Waals surface area contributed by atoms with Crippen molar-refractivity contribution in [1.82, 2.24) is 10.6 Å². The molecule has 0 saturated carbocycles. The summed E-state index contributed by atoms with van der Waals surface area (Å²) in [5, 5.41) is 9.60. The van der Waals surface area contributed by atoms with Gasteiger partial charge in [0.1, 0.15) is 5.75 Å². The number of hydrogen-bond donors (Lipinski definition) is 3. The minimum Gasteiger partial charge on any atom is -0.491 e. The molecule has 0 bridgehead atoms. The van der Waals surface area contributed by atoms with Gasteiger partial charge in [0, 0.05) is 38.2 Å². The number of nitrogens with zero attached hydrogens (tertiary/aromatic N) is 1. The maximum Gasteiger partial charge on any atom is 0.225 e. The van der Waals surface area contributed by atoms with Gasteiger partial charge in [0.2, 0.25) is 5.91 Å². The molecule has 6 nitrogen and oxygen atoms in total. The van der Waals surface area contributed by atoms with Gasteiger partial charge in [-0.05, 0) is 43.2 Å². The van der Waals surface area contributed by atoms with Crippen LogP contribution in [0.4, 0.5) is 5.69 Å². The Kier molecular flexibility index (Phi) is 6.53. The van der Waals surface area contributed by atoms with Gasteiger partial charge in [-0.3, -0.25) is 9.79 Å². The van der Waals surface area contributed by atoms with Crippen molar-refractivity contribution < 1.29 is 9.53 Å². The van der Waals surface area contributed by atoms with E-state index in [9.17, 15) is 4.79 Å². The average molecular weight is 380 g/mol. The largest absolute Gasteiger partial charge is 0.491 e. The Bertz CT molecular complexity index is 848. The summed E-state index contributed by atoms with van der Waals surface area (Å²) in [6, 6.07) is 16.0. The molecule has 1 amide bonds. The maximum atomic E-state index is 12.0. The summed E-state index contributed by atoms with van der Waals surface area (Å²) in [5.74, 6) is 1.74. The minimum atomic E-state index is 0.0513. The molecule has 1 heterocycles. The Morgan fingerprint density at radius 3 is 2.82 bits per heavy atom. The number of rotatable bonds is 6. The third-order valence-corrected chi connectivity index (χ3v) is 4.58. The number of fused-ring (bicyclic) bond motifs is 1. The molecule has 0 fully saturated rings. The molecular formula is C22H28N4O2. The van der Waals surface area contributed by atoms with E-state index in [4.69, 9.17) is 4.74 Å². The fourth-order valence-electron chi connectivity index (χ4n) is 3.31. The van der Waals surface area contributed by atoms with Crippen molar-refractivity contribution in [1.29, 1.82) is 0 Å². The predicted molar refractivity (Wildman–Crippen MR) is 113 cm³/mol. The number of nitrogens with one attached hydrogen (secondary N) is 3. The molecule has 6 heteroatoms. The monoisotopic (exact) mass is 380 g/mol. The third-order valence-electron chi connectivity index (χ3n) is 4.58. The summed E-state index contributed by atoms with van der Waals surface area (Å²) in [7, 11) is 1.75. The van der Waals surface area contributed by atoms with Gasteiger partial charge in [0.15, 0.2) is 5.96 Å². The molecule has 3 rings (SSSR count). The van der Waals surface area contributed by atoms with E-state index in [1.165, 1.54) is 0 Å². The molecule has 1 aliphatic rings. The van der Waals surface area contributed by atoms with Crippen molar-refractivity contribution in [2.24, 2.45) is 4.99 Å². The molecule has 148 valence electrons. The first-order valence-electron chi connectivity index (χ1n) is 9.64. The van der Waals surface area contributed by atoms with Gasteiger partial charge in [-0.2, -0.15) is 0 Å². The summed E-state index contributed by atoms with van der Waals surface area (Å²) in [6.07, 6.45) is 0.614. The molecule has 2 aromatic carbocycles. The number of carbonyl (C=O) groups is 1. The van der Waals surface area contributed by atoms with Crippen molar-refractivity contribution in [3.63, 3.8) is 0 Å². The van der Waals surface area contributed by atoms with Crippen LogP contribution in [0.5, 0.6) is 5.75 Å². The van der Waals surface area contributed by atoms with E-state index >= 15 is 0 Å². The number of guanidine groups is 1. The second-order valence-corrected chi connectivity index (χ2v) is 7.16. The van der Waals surface area contributed by atoms with Gasteiger partial charge in [-0.1, -0.05) is 30.3 Å². The van der Waals surface area contributed by atoms with E-state index < -0.39 is 0 Å². The Morgan fingerprint density at radius 2 is 2.04 bits per heavy atom. The lowest BCUT2D eigenvalue weighted by atomic mass is 9.90. The van der Waals surface area contributed by atoms with Crippen LogP contribution in [0.25, 0.3) is 0 Å². The first-order chi connectivity index (χ1) is 13.5. The van der Waals surface area contributed by atoms with Crippen LogP contribution < -0.4 is 20.7 Å². The number of carbonyl (C=O) groups excluding carboxylic acids is 1. The summed E-state index contributed by atoms with van der Waals surface area (Å²) >= 11 is 0. The highest BCUT2D eigenvalue weighted by Crippen LogP contribution is 2.31. The normalized spacial score (nSPS) is 16.4. The van der Waals surface area contributed by atoms with E-state index in [2.05, 4.69) is 33.1 Å². The van der Waals surface area contributed by atoms with Gasteiger partial charge in [0.25, 0.3) is 0 Å². The molecule has 1 atom stereocenters. The lowest BCUT2D eigenvalue weighted by Gasteiger charge is -2.26. The molecule has 2 aromatic rings. The molecule has 0 radical (unpaired) electrons. The summed E-state index contributed by atoms with van der Waals surface area (Å²) in [5.41, 5.74) is 3.17. The number of anilines is 1. The third kappa shape index (κ3) is 5.25. The van der Waals surface area contributed by atoms with E-state index in [-0.39, 0.29) is 17.9 Å². The molecule has 0 aliphatic carbocycles. The highest BCUT2D eigenvalue weighted by molar-refractivity contribution is 5.94. The fraction of sp³-hybridized carbons (Fsp3) is 0.364. The van der Waals surface area contributed by atoms with Crippen LogP contribution in [0.1, 0.15) is 37.3 Å². The number of amides is 1. The van der Waals surface area contributed by atoms with Crippen LogP contribution in [0, 0.1) is 0 Å². The van der Waals surface area contributed by atoms with Crippen molar-refractivity contribution in [2.75, 3.05) is 18.9 Å². The van der Waals surface area contributed by atoms with Crippen LogP contribution in [0.3, 0.4) is 0 Å². The van der Waals surface area contributed by atoms with Crippen molar-refractivity contribution in [2.45, 2.75) is 38.8 Å². The second-order valence-electron chi connectivity index (χ2n) is 7.16. The number of aliphatic imine (C=N–C) groups is 1. The second kappa shape index (κ2) is 9.26. The van der Waals surface area contributed by atoms with Crippen molar-refractivity contribution in [3.8, 4) is 5.75 Å². The highest BCUT2D eigenvalue weighted by Gasteiger charge is 2.24. The molecule has 0 spiro atoms. The van der Waals surface area contributed by atoms with Crippen molar-refractivity contribution >= 4 is 17.6 Å². The molecule has 1 unspecified atom stereocenters. The first kappa shape index (κ1) is 19.7. The highest BCUT2D eigenvalue weighted by atomic mass is 16.5. The van der Waals surface area contributed by atoms with E-state index in [0.717, 1.165) is 22.6 Å². The van der Waals surface area contributed by atoms with E-state index in [0.29, 0.717) is 25.5 Å². The van der Waals surface area contributed by atoms with Gasteiger partial charge in [-0.25, -0.2) is 0 Å². The van der Waals surface area contributed by atoms with Gasteiger partial charge in [0.05, 0.1) is 6.10 Å². The standard InChI is InChI=1S/C22H28N4O2/c1-15(2)28-18-8-6-7-16(11-18)13-24-22(23-3)25-14-17-12-21(27)26-20-10-5-4-9-19(17)20/h4-11,15,17H,12-14H2,1-3H3,(H,26,27)(H2,23,24,25). The summed E-state index contributed by atoms with van der Waals surface area (Å²) < 4.78 is 5.75. The number of ether oxygens (including phenoxy) is 1. The van der Waals surface area contributed by atoms with Gasteiger partial charge in [-0.15, -0.1) is 0 Å². The van der Waals surface area contributed by atoms with Crippen molar-refractivity contribution in [3.05, 3.63) is 59.7 Å². The van der Waals surface area contributed by atoms with Gasteiger partial charge < -0.3 is 20.7 Å². The smallest absolute Gasteiger partial charge is 0.225 e. The predicted octanol–water partition coefficient (Wildman–Crippen LogP) is 3.26. The van der Waals surface area contributed by atoms with Crippen LogP contribution in [0.2, 0.25) is 0 Å². The molecule has 3 N–H and O–H groups in total. The van der Waals surface area contributed by atoms with Crippen LogP contribution >= 0.6 is 0 Å². The average Bonchev–Trinajstić information content (AvgIpc) is 2.67. The fourth-order valence-corrected chi connectivity index (χ4v) is 3.31. The van der Waals surface area contributed by atoms with Crippen LogP contribution in [-0.4, -0.2) is 31.6 Å². The lowest BCUT2D eigenvalue weighted by Crippen LogP contribution is -2.40. The SMILES string of the molecule is CN=C(NCc1cccc(OC(C)C)c1)NCC1CC(=O)Nc2ccccc21. The molecular weight excluding hydrogens is 352 g/mol. The minimum absolute atomic E-state index is 0.0513. The molecule has 0 aromatic heterocycles. The zero-order valence-corrected chi connectivity index (χ0v) is 16.7. The number of hydrogen-bond acceptors (Lipinski definition) is 3. The Labute approximate surface area is 166 Å². The Morgan fingerprint density at radius 1 is 1.21 bits per heavy atom.